The average molecular weight is 385 g/mol. The molecular weight excluding hydrogens is 360 g/mol. The lowest BCUT2D eigenvalue weighted by atomic mass is 9.84. The predicted octanol–water partition coefficient (Wildman–Crippen LogP) is 4.79. The number of hydrogen-bond acceptors (Lipinski definition) is 4. The molecule has 0 radical (unpaired) electrons. The predicted molar refractivity (Wildman–Crippen MR) is 108 cm³/mol. The third kappa shape index (κ3) is 4.34. The molecule has 3 aromatic rings. The highest BCUT2D eigenvalue weighted by Crippen LogP contribution is 2.33. The van der Waals surface area contributed by atoms with Gasteiger partial charge in [-0.2, -0.15) is 0 Å². The molecule has 4 nitrogen and oxygen atoms in total. The van der Waals surface area contributed by atoms with Gasteiger partial charge in [0, 0.05) is 24.5 Å². The quantitative estimate of drug-likeness (QED) is 0.621. The van der Waals surface area contributed by atoms with E-state index in [1.165, 1.54) is 0 Å². The number of halogens is 1. The van der Waals surface area contributed by atoms with Crippen molar-refractivity contribution < 1.29 is 9.52 Å². The van der Waals surface area contributed by atoms with Gasteiger partial charge in [-0.3, -0.25) is 0 Å². The summed E-state index contributed by atoms with van der Waals surface area (Å²) in [6.45, 7) is 2.89. The van der Waals surface area contributed by atoms with Gasteiger partial charge in [-0.25, -0.2) is 4.98 Å². The second-order valence-electron chi connectivity index (χ2n) is 7.41. The van der Waals surface area contributed by atoms with Gasteiger partial charge in [0.25, 0.3) is 0 Å². The summed E-state index contributed by atoms with van der Waals surface area (Å²) in [6, 6.07) is 15.5. The van der Waals surface area contributed by atoms with Crippen LogP contribution in [0.2, 0.25) is 5.02 Å². The molecule has 5 heteroatoms. The molecule has 1 aliphatic rings. The maximum Gasteiger partial charge on any atom is 0.195 e. The van der Waals surface area contributed by atoms with Crippen LogP contribution in [-0.2, 0) is 12.0 Å². The normalized spacial score (nSPS) is 17.4. The van der Waals surface area contributed by atoms with Gasteiger partial charge < -0.3 is 14.4 Å². The van der Waals surface area contributed by atoms with Crippen molar-refractivity contribution in [2.75, 3.05) is 19.6 Å². The monoisotopic (exact) mass is 384 g/mol. The fraction of sp³-hybridized carbons (Fsp3) is 0.409. The number of aliphatic hydroxyl groups is 1. The van der Waals surface area contributed by atoms with Gasteiger partial charge in [-0.15, -0.1) is 0 Å². The van der Waals surface area contributed by atoms with Crippen LogP contribution in [0.1, 0.15) is 37.1 Å². The summed E-state index contributed by atoms with van der Waals surface area (Å²) in [5.41, 5.74) is 2.05. The molecule has 1 aliphatic heterocycles. The number of aromatic nitrogens is 1. The number of aryl methyl sites for hydroxylation is 1. The van der Waals surface area contributed by atoms with Crippen molar-refractivity contribution in [1.82, 2.24) is 9.88 Å². The van der Waals surface area contributed by atoms with E-state index in [0.29, 0.717) is 5.02 Å². The van der Waals surface area contributed by atoms with Gasteiger partial charge in [-0.1, -0.05) is 35.9 Å². The summed E-state index contributed by atoms with van der Waals surface area (Å²) in [6.07, 6.45) is 4.57. The van der Waals surface area contributed by atoms with Gasteiger partial charge in [0.2, 0.25) is 0 Å². The van der Waals surface area contributed by atoms with Crippen molar-refractivity contribution >= 4 is 22.7 Å². The molecule has 0 amide bonds. The Morgan fingerprint density at radius 2 is 1.78 bits per heavy atom. The average Bonchev–Trinajstić information content (AvgIpc) is 3.10. The fourth-order valence-corrected chi connectivity index (χ4v) is 3.96. The zero-order valence-electron chi connectivity index (χ0n) is 15.4. The van der Waals surface area contributed by atoms with E-state index in [-0.39, 0.29) is 0 Å². The van der Waals surface area contributed by atoms with Gasteiger partial charge in [0.15, 0.2) is 11.5 Å². The molecule has 0 atom stereocenters. The lowest BCUT2D eigenvalue weighted by Gasteiger charge is -2.38. The minimum Gasteiger partial charge on any atom is -0.441 e. The van der Waals surface area contributed by atoms with E-state index in [1.54, 1.807) is 0 Å². The Morgan fingerprint density at radius 1 is 1.04 bits per heavy atom. The maximum absolute atomic E-state index is 11.0. The van der Waals surface area contributed by atoms with Crippen LogP contribution in [0.15, 0.2) is 52.9 Å². The van der Waals surface area contributed by atoms with Gasteiger partial charge >= 0.3 is 0 Å². The summed E-state index contributed by atoms with van der Waals surface area (Å²) in [4.78, 5) is 6.97. The highest BCUT2D eigenvalue weighted by molar-refractivity contribution is 6.30. The maximum atomic E-state index is 11.0. The number of rotatable bonds is 6. The standard InChI is InChI=1S/C22H25ClN2O2/c23-18-10-8-17(9-11-18)22(26)12-15-25(16-13-22)14-4-3-7-21-24-19-5-1-2-6-20(19)27-21/h1-2,5-6,8-11,26H,3-4,7,12-16H2. The number of nitrogens with zero attached hydrogens (tertiary/aromatic N) is 2. The lowest BCUT2D eigenvalue weighted by molar-refractivity contribution is -0.0260. The fourth-order valence-electron chi connectivity index (χ4n) is 3.83. The molecule has 0 bridgehead atoms. The van der Waals surface area contributed by atoms with E-state index in [9.17, 15) is 5.11 Å². The van der Waals surface area contributed by atoms with Crippen LogP contribution in [0.25, 0.3) is 11.1 Å². The molecule has 0 aliphatic carbocycles. The second-order valence-corrected chi connectivity index (χ2v) is 7.85. The van der Waals surface area contributed by atoms with Crippen molar-refractivity contribution in [3.8, 4) is 0 Å². The second kappa shape index (κ2) is 8.01. The number of oxazole rings is 1. The van der Waals surface area contributed by atoms with Crippen LogP contribution >= 0.6 is 11.6 Å². The first-order valence-corrected chi connectivity index (χ1v) is 10.1. The summed E-state index contributed by atoms with van der Waals surface area (Å²) in [7, 11) is 0. The number of hydrogen-bond donors (Lipinski definition) is 1. The minimum atomic E-state index is -0.723. The van der Waals surface area contributed by atoms with Crippen LogP contribution in [0.4, 0.5) is 0 Å². The smallest absolute Gasteiger partial charge is 0.195 e. The molecule has 2 heterocycles. The molecule has 27 heavy (non-hydrogen) atoms. The summed E-state index contributed by atoms with van der Waals surface area (Å²) >= 11 is 5.96. The number of piperidine rings is 1. The zero-order chi connectivity index (χ0) is 18.7. The van der Waals surface area contributed by atoms with E-state index in [1.807, 2.05) is 48.5 Å². The number of unbranched alkanes of at least 4 members (excludes halogenated alkanes) is 1. The summed E-state index contributed by atoms with van der Waals surface area (Å²) < 4.78 is 5.78. The largest absolute Gasteiger partial charge is 0.441 e. The van der Waals surface area contributed by atoms with Crippen molar-refractivity contribution in [2.24, 2.45) is 0 Å². The molecule has 142 valence electrons. The molecule has 1 saturated heterocycles. The van der Waals surface area contributed by atoms with Crippen LogP contribution in [0.3, 0.4) is 0 Å². The van der Waals surface area contributed by atoms with Crippen molar-refractivity contribution in [2.45, 2.75) is 37.7 Å². The minimum absolute atomic E-state index is 0.707. The van der Waals surface area contributed by atoms with E-state index in [0.717, 1.165) is 74.3 Å². The van der Waals surface area contributed by atoms with Crippen LogP contribution in [0, 0.1) is 0 Å². The van der Waals surface area contributed by atoms with E-state index in [4.69, 9.17) is 16.0 Å². The molecular formula is C22H25ClN2O2. The van der Waals surface area contributed by atoms with Crippen molar-refractivity contribution in [1.29, 1.82) is 0 Å². The number of benzene rings is 2. The molecule has 1 N–H and O–H groups in total. The van der Waals surface area contributed by atoms with Crippen LogP contribution in [-0.4, -0.2) is 34.6 Å². The number of likely N-dealkylation sites (tertiary alicyclic amines) is 1. The van der Waals surface area contributed by atoms with Crippen molar-refractivity contribution in [3.63, 3.8) is 0 Å². The van der Waals surface area contributed by atoms with Crippen LogP contribution in [0.5, 0.6) is 0 Å². The Balaban J connectivity index is 1.22. The molecule has 2 aromatic carbocycles. The van der Waals surface area contributed by atoms with E-state index >= 15 is 0 Å². The Bertz CT molecular complexity index is 850. The molecule has 0 saturated carbocycles. The highest BCUT2D eigenvalue weighted by atomic mass is 35.5. The van der Waals surface area contributed by atoms with E-state index < -0.39 is 5.60 Å². The van der Waals surface area contributed by atoms with Gasteiger partial charge in [-0.05, 0) is 62.1 Å². The first-order valence-electron chi connectivity index (χ1n) is 9.68. The molecule has 1 fully saturated rings. The Kier molecular flexibility index (Phi) is 5.48. The third-order valence-corrected chi connectivity index (χ3v) is 5.77. The number of fused-ring (bicyclic) bond motifs is 1. The molecule has 4 rings (SSSR count). The Morgan fingerprint density at radius 3 is 2.52 bits per heavy atom. The SMILES string of the molecule is OC1(c2ccc(Cl)cc2)CCN(CCCCc2nc3ccccc3o2)CC1. The Labute approximate surface area is 164 Å². The van der Waals surface area contributed by atoms with Gasteiger partial charge in [0.1, 0.15) is 5.52 Å². The van der Waals surface area contributed by atoms with Gasteiger partial charge in [0.05, 0.1) is 5.60 Å². The molecule has 1 aromatic heterocycles. The topological polar surface area (TPSA) is 49.5 Å². The third-order valence-electron chi connectivity index (χ3n) is 5.52. The van der Waals surface area contributed by atoms with Crippen molar-refractivity contribution in [3.05, 3.63) is 65.0 Å². The van der Waals surface area contributed by atoms with Crippen LogP contribution < -0.4 is 0 Å². The molecule has 0 unspecified atom stereocenters. The first kappa shape index (κ1) is 18.5. The number of para-hydroxylation sites is 2. The first-order chi connectivity index (χ1) is 13.1. The highest BCUT2D eigenvalue weighted by Gasteiger charge is 2.33. The Hall–Kier alpha value is -1.88. The lowest BCUT2D eigenvalue weighted by Crippen LogP contribution is -2.42. The molecule has 0 spiro atoms. The summed E-state index contributed by atoms with van der Waals surface area (Å²) in [5.74, 6) is 0.826. The van der Waals surface area contributed by atoms with E-state index in [2.05, 4.69) is 9.88 Å². The summed E-state index contributed by atoms with van der Waals surface area (Å²) in [5, 5.41) is 11.7. The zero-order valence-corrected chi connectivity index (χ0v) is 16.2.